The second-order valence-electron chi connectivity index (χ2n) is 10.4. The van der Waals surface area contributed by atoms with Crippen molar-refractivity contribution in [3.63, 3.8) is 0 Å². The molecular weight excluding hydrogens is 554 g/mol. The Bertz CT molecular complexity index is 1720. The fourth-order valence-electron chi connectivity index (χ4n) is 6.30. The highest BCUT2D eigenvalue weighted by molar-refractivity contribution is 9.10. The second-order valence-corrected chi connectivity index (χ2v) is 11.3. The second kappa shape index (κ2) is 9.74. The number of H-pyrrole nitrogens is 1. The van der Waals surface area contributed by atoms with E-state index in [-0.39, 0.29) is 17.6 Å². The Morgan fingerprint density at radius 1 is 0.897 bits per heavy atom. The molecule has 0 aliphatic carbocycles. The third-order valence-electron chi connectivity index (χ3n) is 8.20. The van der Waals surface area contributed by atoms with Gasteiger partial charge in [0.2, 0.25) is 0 Å². The highest BCUT2D eigenvalue weighted by atomic mass is 79.9. The van der Waals surface area contributed by atoms with Crippen LogP contribution in [0.5, 0.6) is 0 Å². The third kappa shape index (κ3) is 4.17. The van der Waals surface area contributed by atoms with Crippen molar-refractivity contribution in [1.29, 1.82) is 0 Å². The predicted octanol–water partition coefficient (Wildman–Crippen LogP) is 5.09. The summed E-state index contributed by atoms with van der Waals surface area (Å²) in [6.45, 7) is 3.62. The number of carbonyl (C=O) groups is 1. The number of hydrogen-bond acceptors (Lipinski definition) is 4. The predicted molar refractivity (Wildman–Crippen MR) is 158 cm³/mol. The molecule has 39 heavy (non-hydrogen) atoms. The lowest BCUT2D eigenvalue weighted by molar-refractivity contribution is 0.0991. The molecule has 7 rings (SSSR count). The Morgan fingerprint density at radius 3 is 2.59 bits per heavy atom. The maximum absolute atomic E-state index is 13.8. The van der Waals surface area contributed by atoms with Crippen molar-refractivity contribution in [3.05, 3.63) is 86.7 Å². The summed E-state index contributed by atoms with van der Waals surface area (Å²) in [5.41, 5.74) is 6.77. The molecule has 3 aliphatic heterocycles. The zero-order valence-corrected chi connectivity index (χ0v) is 23.1. The molecule has 3 aliphatic rings. The fourth-order valence-corrected chi connectivity index (χ4v) is 6.65. The number of nitrogens with one attached hydrogen (secondary N) is 1. The molecule has 8 heteroatoms. The largest absolute Gasteiger partial charge is 0.339 e. The number of fused-ring (bicyclic) bond motifs is 3. The molecular formula is C31H28BrN5O2. The van der Waals surface area contributed by atoms with E-state index < -0.39 is 0 Å². The summed E-state index contributed by atoms with van der Waals surface area (Å²) in [5.74, 6) is 6.61. The number of hydrogen-bond donors (Lipinski definition) is 1. The summed E-state index contributed by atoms with van der Waals surface area (Å²) >= 11 is 3.60. The van der Waals surface area contributed by atoms with E-state index >= 15 is 0 Å². The first-order chi connectivity index (χ1) is 19.1. The molecule has 0 unspecified atom stereocenters. The number of aromatic nitrogens is 2. The van der Waals surface area contributed by atoms with Crippen LogP contribution in [0.15, 0.2) is 69.9 Å². The molecule has 3 aromatic carbocycles. The third-order valence-corrected chi connectivity index (χ3v) is 8.69. The van der Waals surface area contributed by atoms with E-state index in [0.717, 1.165) is 77.0 Å². The number of carbonyl (C=O) groups excluding carboxylic acids is 1. The van der Waals surface area contributed by atoms with Gasteiger partial charge in [0.15, 0.2) is 0 Å². The van der Waals surface area contributed by atoms with E-state index in [9.17, 15) is 9.59 Å². The molecule has 4 aromatic rings. The van der Waals surface area contributed by atoms with Crippen molar-refractivity contribution in [2.75, 3.05) is 42.5 Å². The van der Waals surface area contributed by atoms with Gasteiger partial charge in [0, 0.05) is 30.1 Å². The van der Waals surface area contributed by atoms with Crippen LogP contribution in [0.4, 0.5) is 17.1 Å². The molecule has 0 bridgehead atoms. The number of imidazole rings is 1. The number of anilines is 3. The lowest BCUT2D eigenvalue weighted by Crippen LogP contribution is -2.37. The smallest absolute Gasteiger partial charge is 0.326 e. The van der Waals surface area contributed by atoms with Gasteiger partial charge in [-0.1, -0.05) is 52.0 Å². The normalized spacial score (nSPS) is 17.1. The van der Waals surface area contributed by atoms with Gasteiger partial charge in [-0.05, 0) is 61.2 Å². The van der Waals surface area contributed by atoms with Crippen LogP contribution in [-0.4, -0.2) is 53.1 Å². The average molecular weight is 583 g/mol. The molecule has 7 nitrogen and oxygen atoms in total. The summed E-state index contributed by atoms with van der Waals surface area (Å²) in [5, 5.41) is 0. The SMILES string of the molecule is O=C1c2cccc3c2N(CC3)c2ccc(Br)cc2N1CC#CCN1CCC(n2c(=O)[nH]c3ccccc32)CC1. The highest BCUT2D eigenvalue weighted by Gasteiger charge is 2.35. The van der Waals surface area contributed by atoms with Crippen molar-refractivity contribution >= 4 is 49.9 Å². The minimum absolute atomic E-state index is 0.00474. The quantitative estimate of drug-likeness (QED) is 0.342. The van der Waals surface area contributed by atoms with Crippen LogP contribution < -0.4 is 15.5 Å². The Hall–Kier alpha value is -3.80. The number of rotatable bonds is 3. The summed E-state index contributed by atoms with van der Waals surface area (Å²) in [6.07, 6.45) is 2.76. The number of nitrogens with zero attached hydrogens (tertiary/aromatic N) is 4. The average Bonchev–Trinajstić information content (AvgIpc) is 3.51. The van der Waals surface area contributed by atoms with Gasteiger partial charge in [0.25, 0.3) is 5.91 Å². The van der Waals surface area contributed by atoms with Crippen molar-refractivity contribution < 1.29 is 4.79 Å². The standard InChI is InChI=1S/C31H28BrN5O2/c32-22-10-11-27-28(20-22)36(30(38)24-7-5-6-21-12-19-35(27)29(21)24)16-4-3-15-34-17-13-23(14-18-34)37-26-9-2-1-8-25(26)33-31(37)39/h1-2,5-11,20,23H,12-19H2,(H,33,39). The summed E-state index contributed by atoms with van der Waals surface area (Å²) in [4.78, 5) is 35.8. The van der Waals surface area contributed by atoms with Crippen LogP contribution in [0.2, 0.25) is 0 Å². The van der Waals surface area contributed by atoms with Crippen molar-refractivity contribution in [2.24, 2.45) is 0 Å². The zero-order chi connectivity index (χ0) is 26.5. The molecule has 1 amide bonds. The van der Waals surface area contributed by atoms with Gasteiger partial charge >= 0.3 is 5.69 Å². The Balaban J connectivity index is 1.07. The molecule has 0 radical (unpaired) electrons. The number of para-hydroxylation sites is 3. The molecule has 0 saturated carbocycles. The number of amides is 1. The number of aromatic amines is 1. The molecule has 196 valence electrons. The Labute approximate surface area is 235 Å². The lowest BCUT2D eigenvalue weighted by atomic mass is 10.0. The Morgan fingerprint density at radius 2 is 1.72 bits per heavy atom. The molecule has 0 spiro atoms. The molecule has 1 saturated heterocycles. The topological polar surface area (TPSA) is 64.6 Å². The van der Waals surface area contributed by atoms with Crippen LogP contribution in [0, 0.1) is 11.8 Å². The first-order valence-corrected chi connectivity index (χ1v) is 14.3. The highest BCUT2D eigenvalue weighted by Crippen LogP contribution is 2.46. The number of halogens is 1. The van der Waals surface area contributed by atoms with Gasteiger partial charge in [-0.25, -0.2) is 4.79 Å². The fraction of sp³-hybridized carbons (Fsp3) is 0.290. The first kappa shape index (κ1) is 24.3. The van der Waals surface area contributed by atoms with Gasteiger partial charge in [-0.2, -0.15) is 0 Å². The molecule has 1 fully saturated rings. The summed E-state index contributed by atoms with van der Waals surface area (Å²) in [7, 11) is 0. The van der Waals surface area contributed by atoms with Crippen LogP contribution in [0.1, 0.15) is 34.8 Å². The minimum Gasteiger partial charge on any atom is -0.339 e. The number of benzene rings is 3. The van der Waals surface area contributed by atoms with Gasteiger partial charge in [-0.3, -0.25) is 19.2 Å². The minimum atomic E-state index is -0.0320. The zero-order valence-electron chi connectivity index (χ0n) is 21.5. The van der Waals surface area contributed by atoms with Crippen molar-refractivity contribution in [1.82, 2.24) is 14.5 Å². The first-order valence-electron chi connectivity index (χ1n) is 13.5. The maximum atomic E-state index is 13.8. The number of piperidine rings is 1. The van der Waals surface area contributed by atoms with E-state index in [0.29, 0.717) is 13.1 Å². The van der Waals surface area contributed by atoms with E-state index in [2.05, 4.69) is 54.7 Å². The monoisotopic (exact) mass is 581 g/mol. The van der Waals surface area contributed by atoms with Crippen LogP contribution in [0.3, 0.4) is 0 Å². The van der Waals surface area contributed by atoms with Crippen LogP contribution in [-0.2, 0) is 6.42 Å². The molecule has 0 atom stereocenters. The molecule has 4 heterocycles. The van der Waals surface area contributed by atoms with E-state index in [1.54, 1.807) is 0 Å². The summed E-state index contributed by atoms with van der Waals surface area (Å²) < 4.78 is 2.86. The van der Waals surface area contributed by atoms with Crippen molar-refractivity contribution in [2.45, 2.75) is 25.3 Å². The maximum Gasteiger partial charge on any atom is 0.326 e. The van der Waals surface area contributed by atoms with Gasteiger partial charge in [0.1, 0.15) is 0 Å². The number of likely N-dealkylation sites (tertiary alicyclic amines) is 1. The van der Waals surface area contributed by atoms with E-state index in [4.69, 9.17) is 0 Å². The lowest BCUT2D eigenvalue weighted by Gasteiger charge is -2.31. The van der Waals surface area contributed by atoms with E-state index in [1.807, 2.05) is 58.0 Å². The van der Waals surface area contributed by atoms with Gasteiger partial charge in [-0.15, -0.1) is 0 Å². The summed E-state index contributed by atoms with van der Waals surface area (Å²) in [6, 6.07) is 20.3. The Kier molecular flexibility index (Phi) is 6.06. The van der Waals surface area contributed by atoms with E-state index in [1.165, 1.54) is 5.56 Å². The molecule has 1 N–H and O–H groups in total. The van der Waals surface area contributed by atoms with Gasteiger partial charge in [0.05, 0.1) is 46.7 Å². The van der Waals surface area contributed by atoms with Crippen LogP contribution in [0.25, 0.3) is 11.0 Å². The van der Waals surface area contributed by atoms with Crippen LogP contribution >= 0.6 is 15.9 Å². The van der Waals surface area contributed by atoms with Crippen molar-refractivity contribution in [3.8, 4) is 11.8 Å². The van der Waals surface area contributed by atoms with Gasteiger partial charge < -0.3 is 9.88 Å². The molecule has 1 aromatic heterocycles.